The molecule has 5 heteroatoms. The molecule has 0 radical (unpaired) electrons. The summed E-state index contributed by atoms with van der Waals surface area (Å²) in [6.07, 6.45) is 6.40. The Labute approximate surface area is 207 Å². The summed E-state index contributed by atoms with van der Waals surface area (Å²) < 4.78 is 0. The van der Waals surface area contributed by atoms with Crippen LogP contribution in [0.4, 0.5) is 0 Å². The van der Waals surface area contributed by atoms with Gasteiger partial charge < -0.3 is 16.0 Å². The second-order valence-corrected chi connectivity index (χ2v) is 8.63. The van der Waals surface area contributed by atoms with Gasteiger partial charge in [0.15, 0.2) is 0 Å². The van der Waals surface area contributed by atoms with Crippen LogP contribution in [-0.2, 0) is 0 Å². The minimum absolute atomic E-state index is 0. The van der Waals surface area contributed by atoms with Gasteiger partial charge in [-0.25, -0.2) is 0 Å². The Bertz CT molecular complexity index is 1170. The quantitative estimate of drug-likeness (QED) is 0.430. The fourth-order valence-electron chi connectivity index (χ4n) is 4.91. The Morgan fingerprint density at radius 3 is 2.12 bits per heavy atom. The number of rotatable bonds is 4. The molecule has 5 rings (SSSR count). The van der Waals surface area contributed by atoms with Crippen molar-refractivity contribution in [3.8, 4) is 0 Å². The zero-order chi connectivity index (χ0) is 22.6. The first kappa shape index (κ1) is 23.8. The molecule has 0 bridgehead atoms. The highest BCUT2D eigenvalue weighted by molar-refractivity contribution is 5.95. The number of halogens is 1. The molecule has 2 aliphatic rings. The summed E-state index contributed by atoms with van der Waals surface area (Å²) in [6.45, 7) is 2.23. The predicted octanol–water partition coefficient (Wildman–Crippen LogP) is 5.20. The highest BCUT2D eigenvalue weighted by Crippen LogP contribution is 2.39. The molecule has 1 unspecified atom stereocenters. The first-order chi connectivity index (χ1) is 16.2. The van der Waals surface area contributed by atoms with Crippen molar-refractivity contribution in [2.45, 2.75) is 18.9 Å². The minimum atomic E-state index is -0.0437. The number of benzene rings is 3. The third-order valence-corrected chi connectivity index (χ3v) is 6.50. The molecule has 1 atom stereocenters. The van der Waals surface area contributed by atoms with E-state index in [1.54, 1.807) is 0 Å². The van der Waals surface area contributed by atoms with Gasteiger partial charge in [-0.05, 0) is 47.2 Å². The second-order valence-electron chi connectivity index (χ2n) is 8.63. The van der Waals surface area contributed by atoms with Crippen LogP contribution in [0.5, 0.6) is 0 Å². The molecule has 3 aromatic rings. The number of piperidine rings is 1. The van der Waals surface area contributed by atoms with Crippen molar-refractivity contribution in [3.05, 3.63) is 112 Å². The molecule has 1 aliphatic heterocycles. The van der Waals surface area contributed by atoms with Crippen molar-refractivity contribution < 1.29 is 4.79 Å². The lowest BCUT2D eigenvalue weighted by atomic mass is 9.87. The summed E-state index contributed by atoms with van der Waals surface area (Å²) in [4.78, 5) is 14.9. The van der Waals surface area contributed by atoms with E-state index in [0.717, 1.165) is 25.9 Å². The lowest BCUT2D eigenvalue weighted by Crippen LogP contribution is -2.44. The number of nitrogens with one attached hydrogen (secondary N) is 1. The molecular weight excluding hydrogens is 442 g/mol. The summed E-state index contributed by atoms with van der Waals surface area (Å²) in [5, 5.41) is 3.08. The fourth-order valence-corrected chi connectivity index (χ4v) is 4.91. The van der Waals surface area contributed by atoms with Gasteiger partial charge in [-0.2, -0.15) is 0 Å². The third kappa shape index (κ3) is 4.79. The summed E-state index contributed by atoms with van der Waals surface area (Å²) >= 11 is 0. The van der Waals surface area contributed by atoms with Crippen LogP contribution in [0.15, 0.2) is 84.6 Å². The fraction of sp³-hybridized carbons (Fsp3) is 0.207. The highest BCUT2D eigenvalue weighted by Gasteiger charge is 2.29. The average molecular weight is 472 g/mol. The van der Waals surface area contributed by atoms with Crippen LogP contribution in [-0.4, -0.2) is 36.5 Å². The van der Waals surface area contributed by atoms with Gasteiger partial charge in [0.1, 0.15) is 0 Å². The monoisotopic (exact) mass is 471 g/mol. The summed E-state index contributed by atoms with van der Waals surface area (Å²) in [7, 11) is 0. The molecule has 0 saturated carbocycles. The van der Waals surface area contributed by atoms with E-state index < -0.39 is 0 Å². The van der Waals surface area contributed by atoms with E-state index in [2.05, 4.69) is 70.9 Å². The Morgan fingerprint density at radius 2 is 1.47 bits per heavy atom. The Morgan fingerprint density at radius 1 is 0.882 bits per heavy atom. The molecular formula is C29H30ClN3O. The number of carbonyl (C=O) groups excluding carboxylic acids is 1. The van der Waals surface area contributed by atoms with Gasteiger partial charge in [-0.1, -0.05) is 78.9 Å². The van der Waals surface area contributed by atoms with E-state index in [4.69, 9.17) is 5.73 Å². The lowest BCUT2D eigenvalue weighted by molar-refractivity contribution is 0.0949. The van der Waals surface area contributed by atoms with Crippen molar-refractivity contribution in [1.82, 2.24) is 10.2 Å². The van der Waals surface area contributed by atoms with Crippen LogP contribution in [0.2, 0.25) is 0 Å². The molecule has 34 heavy (non-hydrogen) atoms. The molecule has 0 spiro atoms. The first-order valence-electron chi connectivity index (χ1n) is 11.7. The van der Waals surface area contributed by atoms with Crippen LogP contribution in [0.3, 0.4) is 0 Å². The largest absolute Gasteiger partial charge is 0.371 e. The molecule has 1 aliphatic carbocycles. The van der Waals surface area contributed by atoms with E-state index >= 15 is 0 Å². The lowest BCUT2D eigenvalue weighted by Gasteiger charge is -2.38. The van der Waals surface area contributed by atoms with Crippen molar-refractivity contribution in [1.29, 1.82) is 0 Å². The maximum atomic E-state index is 12.5. The van der Waals surface area contributed by atoms with Crippen molar-refractivity contribution >= 4 is 36.0 Å². The molecule has 1 heterocycles. The number of hydrogen-bond acceptors (Lipinski definition) is 3. The predicted molar refractivity (Wildman–Crippen MR) is 143 cm³/mol. The van der Waals surface area contributed by atoms with Gasteiger partial charge in [0.2, 0.25) is 0 Å². The Balaban J connectivity index is 0.00000274. The third-order valence-electron chi connectivity index (χ3n) is 6.50. The normalized spacial score (nSPS) is 16.7. The molecule has 4 nitrogen and oxygen atoms in total. The van der Waals surface area contributed by atoms with Crippen LogP contribution in [0.25, 0.3) is 17.7 Å². The summed E-state index contributed by atoms with van der Waals surface area (Å²) in [5.74, 6) is -0.0412. The smallest absolute Gasteiger partial charge is 0.251 e. The second kappa shape index (κ2) is 10.7. The van der Waals surface area contributed by atoms with E-state index in [9.17, 15) is 4.79 Å². The van der Waals surface area contributed by atoms with Crippen LogP contribution in [0, 0.1) is 0 Å². The van der Waals surface area contributed by atoms with E-state index in [1.807, 2.05) is 30.3 Å². The number of amides is 1. The topological polar surface area (TPSA) is 58.4 Å². The van der Waals surface area contributed by atoms with Crippen LogP contribution >= 0.6 is 12.4 Å². The molecule has 1 saturated heterocycles. The Kier molecular flexibility index (Phi) is 7.51. The number of hydrogen-bond donors (Lipinski definition) is 2. The summed E-state index contributed by atoms with van der Waals surface area (Å²) in [6, 6.07) is 26.4. The van der Waals surface area contributed by atoms with Crippen molar-refractivity contribution in [2.24, 2.45) is 5.73 Å². The van der Waals surface area contributed by atoms with Gasteiger partial charge in [-0.3, -0.25) is 4.79 Å². The zero-order valence-corrected chi connectivity index (χ0v) is 19.9. The SMILES string of the molecule is Cl.NC1CCCN(CCNC(=O)c2ccccc2)C1=C1c2ccccc2C=Cc2ccccc21. The molecule has 3 aromatic carbocycles. The van der Waals surface area contributed by atoms with Gasteiger partial charge in [-0.15, -0.1) is 12.4 Å². The minimum Gasteiger partial charge on any atom is -0.371 e. The maximum absolute atomic E-state index is 12.5. The molecule has 3 N–H and O–H groups in total. The highest BCUT2D eigenvalue weighted by atomic mass is 35.5. The van der Waals surface area contributed by atoms with Crippen LogP contribution < -0.4 is 11.1 Å². The van der Waals surface area contributed by atoms with E-state index in [0.29, 0.717) is 12.1 Å². The molecule has 0 aromatic heterocycles. The zero-order valence-electron chi connectivity index (χ0n) is 19.1. The van der Waals surface area contributed by atoms with E-state index in [-0.39, 0.29) is 24.4 Å². The Hall–Kier alpha value is -3.34. The van der Waals surface area contributed by atoms with Gasteiger partial charge >= 0.3 is 0 Å². The van der Waals surface area contributed by atoms with Gasteiger partial charge in [0, 0.05) is 42.5 Å². The molecule has 1 fully saturated rings. The average Bonchev–Trinajstić information content (AvgIpc) is 3.02. The molecule has 1 amide bonds. The van der Waals surface area contributed by atoms with E-state index in [1.165, 1.54) is 33.5 Å². The number of carbonyl (C=O) groups is 1. The van der Waals surface area contributed by atoms with Gasteiger partial charge in [0.25, 0.3) is 5.91 Å². The van der Waals surface area contributed by atoms with Gasteiger partial charge in [0.05, 0.1) is 0 Å². The maximum Gasteiger partial charge on any atom is 0.251 e. The number of fused-ring (bicyclic) bond motifs is 2. The number of likely N-dealkylation sites (tertiary alicyclic amines) is 1. The number of nitrogens with zero attached hydrogens (tertiary/aromatic N) is 1. The molecule has 174 valence electrons. The first-order valence-corrected chi connectivity index (χ1v) is 11.7. The standard InChI is InChI=1S/C29H29N3O.ClH/c30-26-15-8-19-32(20-18-31-29(33)23-11-2-1-3-12-23)28(26)27-24-13-6-4-9-21(24)16-17-22-10-5-7-14-25(22)27;/h1-7,9-14,16-17,26H,8,15,18-20,30H2,(H,31,33);1H. The summed E-state index contributed by atoms with van der Waals surface area (Å²) in [5.41, 5.74) is 14.7. The number of nitrogens with two attached hydrogens (primary N) is 1. The van der Waals surface area contributed by atoms with Crippen molar-refractivity contribution in [3.63, 3.8) is 0 Å². The van der Waals surface area contributed by atoms with Crippen LogP contribution in [0.1, 0.15) is 45.5 Å². The van der Waals surface area contributed by atoms with Crippen molar-refractivity contribution in [2.75, 3.05) is 19.6 Å².